The summed E-state index contributed by atoms with van der Waals surface area (Å²) >= 11 is 0. The van der Waals surface area contributed by atoms with Crippen LogP contribution >= 0.6 is 0 Å². The van der Waals surface area contributed by atoms with Crippen LogP contribution in [0.3, 0.4) is 0 Å². The summed E-state index contributed by atoms with van der Waals surface area (Å²) in [5, 5.41) is 9.26. The van der Waals surface area contributed by atoms with Gasteiger partial charge in [0.25, 0.3) is 0 Å². The average Bonchev–Trinajstić information content (AvgIpc) is 2.69. The molecule has 0 aliphatic carbocycles. The van der Waals surface area contributed by atoms with Crippen molar-refractivity contribution < 1.29 is 13.2 Å². The Bertz CT molecular complexity index is 546. The first kappa shape index (κ1) is 16.6. The number of rotatable bonds is 7. The van der Waals surface area contributed by atoms with Crippen LogP contribution in [0.2, 0.25) is 0 Å². The Morgan fingerprint density at radius 1 is 1.40 bits per heavy atom. The molecule has 1 heterocycles. The van der Waals surface area contributed by atoms with E-state index in [0.29, 0.717) is 11.4 Å². The summed E-state index contributed by atoms with van der Waals surface area (Å²) in [5.74, 6) is -0.164. The molecule has 1 aromatic rings. The van der Waals surface area contributed by atoms with Gasteiger partial charge in [-0.05, 0) is 27.2 Å². The zero-order valence-corrected chi connectivity index (χ0v) is 13.1. The van der Waals surface area contributed by atoms with Crippen LogP contribution < -0.4 is 10.0 Å². The Labute approximate surface area is 119 Å². The second kappa shape index (κ2) is 6.85. The lowest BCUT2D eigenvalue weighted by Crippen LogP contribution is -2.35. The van der Waals surface area contributed by atoms with Crippen molar-refractivity contribution in [2.24, 2.45) is 0 Å². The quantitative estimate of drug-likeness (QED) is 0.686. The van der Waals surface area contributed by atoms with E-state index in [4.69, 9.17) is 0 Å². The third kappa shape index (κ3) is 4.31. The molecule has 0 aliphatic rings. The van der Waals surface area contributed by atoms with E-state index < -0.39 is 10.0 Å². The zero-order valence-electron chi connectivity index (χ0n) is 12.3. The van der Waals surface area contributed by atoms with Crippen LogP contribution in [-0.2, 0) is 14.8 Å². The molecule has 3 N–H and O–H groups in total. The molecule has 7 nitrogen and oxygen atoms in total. The zero-order chi connectivity index (χ0) is 15.3. The molecule has 8 heteroatoms. The van der Waals surface area contributed by atoms with Gasteiger partial charge in [-0.15, -0.1) is 0 Å². The van der Waals surface area contributed by atoms with Crippen molar-refractivity contribution in [2.45, 2.75) is 51.5 Å². The molecule has 0 bridgehead atoms. The molecule has 0 aliphatic heterocycles. The molecular formula is C12H22N4O3S. The molecule has 0 aromatic carbocycles. The lowest BCUT2D eigenvalue weighted by atomic mass is 10.2. The van der Waals surface area contributed by atoms with Gasteiger partial charge in [0.2, 0.25) is 15.9 Å². The third-order valence-electron chi connectivity index (χ3n) is 2.99. The van der Waals surface area contributed by atoms with Crippen molar-refractivity contribution in [3.05, 3.63) is 11.4 Å². The smallest absolute Gasteiger partial charge is 0.244 e. The molecular weight excluding hydrogens is 280 g/mol. The molecule has 1 rings (SSSR count). The van der Waals surface area contributed by atoms with Crippen LogP contribution in [0.25, 0.3) is 0 Å². The second-order valence-electron chi connectivity index (χ2n) is 4.79. The van der Waals surface area contributed by atoms with Gasteiger partial charge in [-0.2, -0.15) is 5.10 Å². The van der Waals surface area contributed by atoms with Gasteiger partial charge in [-0.25, -0.2) is 13.1 Å². The first-order valence-corrected chi connectivity index (χ1v) is 8.06. The fourth-order valence-electron chi connectivity index (χ4n) is 1.76. The van der Waals surface area contributed by atoms with Gasteiger partial charge in [0, 0.05) is 19.0 Å². The fourth-order valence-corrected chi connectivity index (χ4v) is 3.16. The Balaban J connectivity index is 2.55. The predicted molar refractivity (Wildman–Crippen MR) is 75.8 cm³/mol. The van der Waals surface area contributed by atoms with E-state index in [2.05, 4.69) is 20.2 Å². The highest BCUT2D eigenvalue weighted by Crippen LogP contribution is 2.15. The Hall–Kier alpha value is -1.41. The summed E-state index contributed by atoms with van der Waals surface area (Å²) in [6, 6.07) is 0.0949. The lowest BCUT2D eigenvalue weighted by Gasteiger charge is -2.11. The largest absolute Gasteiger partial charge is 0.354 e. The van der Waals surface area contributed by atoms with E-state index in [1.54, 1.807) is 13.8 Å². The second-order valence-corrected chi connectivity index (χ2v) is 6.49. The van der Waals surface area contributed by atoms with Gasteiger partial charge in [0.05, 0.1) is 11.4 Å². The average molecular weight is 302 g/mol. The minimum absolute atomic E-state index is 0.0641. The number of amides is 1. The van der Waals surface area contributed by atoms with E-state index in [1.807, 2.05) is 13.8 Å². The summed E-state index contributed by atoms with van der Waals surface area (Å²) in [7, 11) is -3.63. The normalized spacial score (nSPS) is 13.2. The number of hydrogen-bond donors (Lipinski definition) is 3. The standard InChI is InChI=1S/C12H22N4O3S/c1-5-8(2)14-11(17)6-7-13-20(18,19)12-9(3)15-16-10(12)4/h8,13H,5-7H2,1-4H3,(H,14,17)(H,15,16). The van der Waals surface area contributed by atoms with Crippen molar-refractivity contribution in [3.63, 3.8) is 0 Å². The van der Waals surface area contributed by atoms with Crippen molar-refractivity contribution in [2.75, 3.05) is 6.54 Å². The van der Waals surface area contributed by atoms with Gasteiger partial charge in [0.15, 0.2) is 0 Å². The van der Waals surface area contributed by atoms with E-state index >= 15 is 0 Å². The van der Waals surface area contributed by atoms with E-state index in [9.17, 15) is 13.2 Å². The van der Waals surface area contributed by atoms with Crippen molar-refractivity contribution in [1.82, 2.24) is 20.2 Å². The Morgan fingerprint density at radius 3 is 2.55 bits per heavy atom. The molecule has 114 valence electrons. The number of aryl methyl sites for hydroxylation is 2. The van der Waals surface area contributed by atoms with Gasteiger partial charge in [-0.3, -0.25) is 9.89 Å². The number of carbonyl (C=O) groups excluding carboxylic acids is 1. The van der Waals surface area contributed by atoms with E-state index in [0.717, 1.165) is 6.42 Å². The maximum absolute atomic E-state index is 12.1. The molecule has 1 amide bonds. The predicted octanol–water partition coefficient (Wildman–Crippen LogP) is 0.610. The van der Waals surface area contributed by atoms with Crippen LogP contribution in [-0.4, -0.2) is 37.1 Å². The minimum atomic E-state index is -3.63. The molecule has 0 saturated carbocycles. The molecule has 1 aromatic heterocycles. The van der Waals surface area contributed by atoms with Crippen LogP contribution in [0, 0.1) is 13.8 Å². The van der Waals surface area contributed by atoms with Crippen LogP contribution in [0.5, 0.6) is 0 Å². The maximum atomic E-state index is 12.1. The number of aromatic nitrogens is 2. The van der Waals surface area contributed by atoms with Crippen molar-refractivity contribution in [1.29, 1.82) is 0 Å². The van der Waals surface area contributed by atoms with Gasteiger partial charge < -0.3 is 5.32 Å². The first-order valence-electron chi connectivity index (χ1n) is 6.58. The summed E-state index contributed by atoms with van der Waals surface area (Å²) in [5.41, 5.74) is 0.901. The number of sulfonamides is 1. The number of carbonyl (C=O) groups is 1. The molecule has 1 unspecified atom stereocenters. The molecule has 1 atom stereocenters. The number of nitrogens with one attached hydrogen (secondary N) is 3. The highest BCUT2D eigenvalue weighted by molar-refractivity contribution is 7.89. The highest BCUT2D eigenvalue weighted by atomic mass is 32.2. The summed E-state index contributed by atoms with van der Waals surface area (Å²) < 4.78 is 26.6. The van der Waals surface area contributed by atoms with Crippen LogP contribution in [0.1, 0.15) is 38.1 Å². The summed E-state index contributed by atoms with van der Waals surface area (Å²) in [6.45, 7) is 7.20. The molecule has 0 fully saturated rings. The summed E-state index contributed by atoms with van der Waals surface area (Å²) in [6.07, 6.45) is 0.949. The van der Waals surface area contributed by atoms with Crippen molar-refractivity contribution >= 4 is 15.9 Å². The van der Waals surface area contributed by atoms with Crippen LogP contribution in [0.4, 0.5) is 0 Å². The summed E-state index contributed by atoms with van der Waals surface area (Å²) in [4.78, 5) is 11.7. The number of nitrogens with zero attached hydrogens (tertiary/aromatic N) is 1. The number of H-pyrrole nitrogens is 1. The molecule has 0 saturated heterocycles. The topological polar surface area (TPSA) is 104 Å². The monoisotopic (exact) mass is 302 g/mol. The van der Waals surface area contributed by atoms with Crippen LogP contribution in [0.15, 0.2) is 4.90 Å². The van der Waals surface area contributed by atoms with Gasteiger partial charge in [0.1, 0.15) is 4.90 Å². The van der Waals surface area contributed by atoms with Crippen molar-refractivity contribution in [3.8, 4) is 0 Å². The van der Waals surface area contributed by atoms with E-state index in [-0.39, 0.29) is 29.8 Å². The third-order valence-corrected chi connectivity index (χ3v) is 4.72. The molecule has 0 spiro atoms. The molecule has 20 heavy (non-hydrogen) atoms. The fraction of sp³-hybridized carbons (Fsp3) is 0.667. The minimum Gasteiger partial charge on any atom is -0.354 e. The maximum Gasteiger partial charge on any atom is 0.244 e. The Morgan fingerprint density at radius 2 is 2.05 bits per heavy atom. The highest BCUT2D eigenvalue weighted by Gasteiger charge is 2.21. The van der Waals surface area contributed by atoms with Gasteiger partial charge >= 0.3 is 0 Å². The lowest BCUT2D eigenvalue weighted by molar-refractivity contribution is -0.121. The SMILES string of the molecule is CCC(C)NC(=O)CCNS(=O)(=O)c1c(C)n[nH]c1C. The number of hydrogen-bond acceptors (Lipinski definition) is 4. The number of aromatic amines is 1. The first-order chi connectivity index (χ1) is 9.27. The van der Waals surface area contributed by atoms with E-state index in [1.165, 1.54) is 0 Å². The molecule has 0 radical (unpaired) electrons. The van der Waals surface area contributed by atoms with Gasteiger partial charge in [-0.1, -0.05) is 6.92 Å². The Kier molecular flexibility index (Phi) is 5.70.